The number of methoxy groups -OCH3 is 2. The number of benzene rings is 2. The van der Waals surface area contributed by atoms with E-state index in [1.807, 2.05) is 12.1 Å². The molecule has 138 valence electrons. The summed E-state index contributed by atoms with van der Waals surface area (Å²) < 4.78 is 15.4. The Hall–Kier alpha value is -2.67. The predicted octanol–water partition coefficient (Wildman–Crippen LogP) is 3.61. The Bertz CT molecular complexity index is 739. The Morgan fingerprint density at radius 1 is 1.00 bits per heavy atom. The van der Waals surface area contributed by atoms with Gasteiger partial charge in [0.05, 0.1) is 26.6 Å². The molecule has 0 bridgehead atoms. The van der Waals surface area contributed by atoms with Gasteiger partial charge in [0.25, 0.3) is 5.91 Å². The van der Waals surface area contributed by atoms with E-state index in [2.05, 4.69) is 5.32 Å². The fourth-order valence-corrected chi connectivity index (χ4v) is 2.94. The Kier molecular flexibility index (Phi) is 7.35. The summed E-state index contributed by atoms with van der Waals surface area (Å²) in [7, 11) is 3.00. The van der Waals surface area contributed by atoms with E-state index in [1.165, 1.54) is 26.0 Å². The molecule has 0 aliphatic rings. The van der Waals surface area contributed by atoms with Gasteiger partial charge in [-0.1, -0.05) is 6.07 Å². The first-order valence-corrected chi connectivity index (χ1v) is 8.98. The molecular weight excluding hydrogens is 354 g/mol. The molecule has 0 radical (unpaired) electrons. The van der Waals surface area contributed by atoms with Crippen LogP contribution in [0.15, 0.2) is 47.4 Å². The van der Waals surface area contributed by atoms with Crippen molar-refractivity contribution >= 4 is 29.3 Å². The second kappa shape index (κ2) is 9.72. The summed E-state index contributed by atoms with van der Waals surface area (Å²) in [5.74, 6) is 0.536. The number of hydrogen-bond acceptors (Lipinski definition) is 6. The molecule has 0 spiro atoms. The van der Waals surface area contributed by atoms with Crippen molar-refractivity contribution in [2.45, 2.75) is 11.8 Å². The normalized spacial score (nSPS) is 10.1. The van der Waals surface area contributed by atoms with Crippen molar-refractivity contribution in [3.8, 4) is 11.5 Å². The van der Waals surface area contributed by atoms with E-state index in [0.29, 0.717) is 29.4 Å². The van der Waals surface area contributed by atoms with Gasteiger partial charge in [-0.15, -0.1) is 11.8 Å². The molecule has 0 saturated carbocycles. The molecule has 6 nitrogen and oxygen atoms in total. The molecule has 1 amide bonds. The lowest BCUT2D eigenvalue weighted by atomic mass is 10.1. The van der Waals surface area contributed by atoms with Gasteiger partial charge in [0.2, 0.25) is 0 Å². The fourth-order valence-electron chi connectivity index (χ4n) is 2.25. The van der Waals surface area contributed by atoms with Crippen LogP contribution in [0.25, 0.3) is 0 Å². The summed E-state index contributed by atoms with van der Waals surface area (Å²) in [4.78, 5) is 24.9. The molecule has 26 heavy (non-hydrogen) atoms. The van der Waals surface area contributed by atoms with Gasteiger partial charge in [0.1, 0.15) is 17.1 Å². The third kappa shape index (κ3) is 5.16. The van der Waals surface area contributed by atoms with E-state index >= 15 is 0 Å². The van der Waals surface area contributed by atoms with Crippen LogP contribution in [-0.2, 0) is 9.53 Å². The third-order valence-corrected chi connectivity index (χ3v) is 4.41. The highest BCUT2D eigenvalue weighted by molar-refractivity contribution is 8.00. The fraction of sp³-hybridized carbons (Fsp3) is 0.263. The molecule has 1 N–H and O–H groups in total. The molecule has 0 fully saturated rings. The number of ether oxygens (including phenoxy) is 3. The van der Waals surface area contributed by atoms with Crippen LogP contribution in [0.1, 0.15) is 17.3 Å². The first-order valence-electron chi connectivity index (χ1n) is 7.99. The minimum Gasteiger partial charge on any atom is -0.496 e. The van der Waals surface area contributed by atoms with Crippen LogP contribution in [-0.4, -0.2) is 38.5 Å². The molecule has 0 aromatic heterocycles. The van der Waals surface area contributed by atoms with Gasteiger partial charge in [-0.2, -0.15) is 0 Å². The molecule has 0 heterocycles. The summed E-state index contributed by atoms with van der Waals surface area (Å²) in [5.41, 5.74) is 0.960. The first-order chi connectivity index (χ1) is 12.6. The lowest BCUT2D eigenvalue weighted by Gasteiger charge is -2.13. The van der Waals surface area contributed by atoms with Gasteiger partial charge in [-0.05, 0) is 43.3 Å². The molecule has 0 atom stereocenters. The average molecular weight is 375 g/mol. The van der Waals surface area contributed by atoms with Gasteiger partial charge in [0, 0.05) is 10.6 Å². The van der Waals surface area contributed by atoms with Gasteiger partial charge in [-0.3, -0.25) is 9.59 Å². The highest BCUT2D eigenvalue weighted by Crippen LogP contribution is 2.29. The van der Waals surface area contributed by atoms with Crippen molar-refractivity contribution in [3.05, 3.63) is 48.0 Å². The van der Waals surface area contributed by atoms with Crippen LogP contribution in [0.5, 0.6) is 11.5 Å². The second-order valence-electron chi connectivity index (χ2n) is 5.11. The zero-order chi connectivity index (χ0) is 18.9. The Morgan fingerprint density at radius 2 is 1.62 bits per heavy atom. The van der Waals surface area contributed by atoms with E-state index in [0.717, 1.165) is 4.90 Å². The van der Waals surface area contributed by atoms with Gasteiger partial charge in [0.15, 0.2) is 0 Å². The zero-order valence-corrected chi connectivity index (χ0v) is 15.7. The summed E-state index contributed by atoms with van der Waals surface area (Å²) in [6.07, 6.45) is 0. The van der Waals surface area contributed by atoms with E-state index in [-0.39, 0.29) is 17.6 Å². The van der Waals surface area contributed by atoms with Crippen LogP contribution in [0.2, 0.25) is 0 Å². The number of esters is 1. The molecule has 0 saturated heterocycles. The topological polar surface area (TPSA) is 73.9 Å². The maximum atomic E-state index is 12.6. The lowest BCUT2D eigenvalue weighted by molar-refractivity contribution is -0.139. The minimum absolute atomic E-state index is 0.248. The van der Waals surface area contributed by atoms with Crippen molar-refractivity contribution in [3.63, 3.8) is 0 Å². The molecule has 2 aromatic rings. The van der Waals surface area contributed by atoms with Gasteiger partial charge >= 0.3 is 5.97 Å². The van der Waals surface area contributed by atoms with Gasteiger partial charge in [-0.25, -0.2) is 0 Å². The van der Waals surface area contributed by atoms with Crippen LogP contribution in [0.4, 0.5) is 5.69 Å². The summed E-state index contributed by atoms with van der Waals surface area (Å²) in [5, 5.41) is 2.82. The largest absolute Gasteiger partial charge is 0.496 e. The molecular formula is C19H21NO5S. The average Bonchev–Trinajstić information content (AvgIpc) is 2.66. The standard InChI is InChI=1S/C19H21NO5S/c1-4-25-17(21)12-26-14-10-8-13(9-11-14)20-19(22)18-15(23-2)6-5-7-16(18)24-3/h5-11H,4,12H2,1-3H3,(H,20,22). The highest BCUT2D eigenvalue weighted by Gasteiger charge is 2.18. The first kappa shape index (κ1) is 19.7. The molecule has 0 aliphatic carbocycles. The van der Waals surface area contributed by atoms with Crippen molar-refractivity contribution in [2.75, 3.05) is 31.9 Å². The SMILES string of the molecule is CCOC(=O)CSc1ccc(NC(=O)c2c(OC)cccc2OC)cc1. The van der Waals surface area contributed by atoms with Crippen LogP contribution in [0.3, 0.4) is 0 Å². The number of carbonyl (C=O) groups excluding carboxylic acids is 2. The predicted molar refractivity (Wildman–Crippen MR) is 101 cm³/mol. The summed E-state index contributed by atoms with van der Waals surface area (Å²) >= 11 is 1.38. The maximum Gasteiger partial charge on any atom is 0.316 e. The van der Waals surface area contributed by atoms with E-state index in [1.54, 1.807) is 37.3 Å². The molecule has 0 aliphatic heterocycles. The van der Waals surface area contributed by atoms with Crippen molar-refractivity contribution in [1.29, 1.82) is 0 Å². The van der Waals surface area contributed by atoms with Crippen molar-refractivity contribution in [2.24, 2.45) is 0 Å². The maximum absolute atomic E-state index is 12.6. The number of carbonyl (C=O) groups is 2. The van der Waals surface area contributed by atoms with Crippen molar-refractivity contribution < 1.29 is 23.8 Å². The number of anilines is 1. The monoisotopic (exact) mass is 375 g/mol. The highest BCUT2D eigenvalue weighted by atomic mass is 32.2. The van der Waals surface area contributed by atoms with E-state index in [4.69, 9.17) is 14.2 Å². The second-order valence-corrected chi connectivity index (χ2v) is 6.16. The Morgan fingerprint density at radius 3 is 2.15 bits per heavy atom. The summed E-state index contributed by atoms with van der Waals surface area (Å²) in [6, 6.07) is 12.4. The van der Waals surface area contributed by atoms with Crippen LogP contribution >= 0.6 is 11.8 Å². The number of hydrogen-bond donors (Lipinski definition) is 1. The Labute approximate surface area is 156 Å². The molecule has 2 aromatic carbocycles. The lowest BCUT2D eigenvalue weighted by Crippen LogP contribution is -2.14. The third-order valence-electron chi connectivity index (χ3n) is 3.43. The van der Waals surface area contributed by atoms with Gasteiger partial charge < -0.3 is 19.5 Å². The summed E-state index contributed by atoms with van der Waals surface area (Å²) in [6.45, 7) is 2.15. The number of amides is 1. The van der Waals surface area contributed by atoms with Crippen molar-refractivity contribution in [1.82, 2.24) is 0 Å². The molecule has 2 rings (SSSR count). The molecule has 0 unspecified atom stereocenters. The zero-order valence-electron chi connectivity index (χ0n) is 14.9. The minimum atomic E-state index is -0.328. The van der Waals surface area contributed by atoms with E-state index < -0.39 is 0 Å². The quantitative estimate of drug-likeness (QED) is 0.561. The Balaban J connectivity index is 2.05. The number of rotatable bonds is 8. The van der Waals surface area contributed by atoms with Crippen LogP contribution in [0, 0.1) is 0 Å². The molecule has 7 heteroatoms. The van der Waals surface area contributed by atoms with E-state index in [9.17, 15) is 9.59 Å². The smallest absolute Gasteiger partial charge is 0.316 e. The number of thioether (sulfide) groups is 1. The van der Waals surface area contributed by atoms with Crippen LogP contribution < -0.4 is 14.8 Å². The number of nitrogens with one attached hydrogen (secondary N) is 1.